The highest BCUT2D eigenvalue weighted by atomic mass is 19.2. The van der Waals surface area contributed by atoms with Crippen LogP contribution in [0, 0.1) is 28.9 Å². The Hall–Kier alpha value is -2.78. The molecule has 0 spiro atoms. The van der Waals surface area contributed by atoms with E-state index in [1.807, 2.05) is 50.2 Å². The van der Waals surface area contributed by atoms with Gasteiger partial charge >= 0.3 is 0 Å². The van der Waals surface area contributed by atoms with Crippen molar-refractivity contribution in [1.82, 2.24) is 10.2 Å². The molecule has 0 bridgehead atoms. The van der Waals surface area contributed by atoms with Crippen LogP contribution < -0.4 is 5.32 Å². The summed E-state index contributed by atoms with van der Waals surface area (Å²) >= 11 is 0. The van der Waals surface area contributed by atoms with E-state index < -0.39 is 11.6 Å². The molecule has 2 aromatic rings. The summed E-state index contributed by atoms with van der Waals surface area (Å²) in [5, 5.41) is 11.4. The third-order valence-corrected chi connectivity index (χ3v) is 5.89. The van der Waals surface area contributed by atoms with Crippen molar-refractivity contribution in [2.24, 2.45) is 5.92 Å². The molecule has 1 amide bonds. The average molecular weight is 486 g/mol. The molecule has 4 nitrogen and oxygen atoms in total. The molecule has 6 heteroatoms. The second kappa shape index (κ2) is 18.5. The Labute approximate surface area is 210 Å². The Morgan fingerprint density at radius 3 is 1.94 bits per heavy atom. The number of halogens is 2. The lowest BCUT2D eigenvalue weighted by Crippen LogP contribution is -2.43. The lowest BCUT2D eigenvalue weighted by Gasteiger charge is -2.29. The van der Waals surface area contributed by atoms with E-state index in [9.17, 15) is 13.6 Å². The predicted molar refractivity (Wildman–Crippen MR) is 139 cm³/mol. The van der Waals surface area contributed by atoms with Crippen LogP contribution in [-0.2, 0) is 11.2 Å². The van der Waals surface area contributed by atoms with Gasteiger partial charge in [0.25, 0.3) is 0 Å². The normalized spacial score (nSPS) is 16.1. The van der Waals surface area contributed by atoms with Crippen molar-refractivity contribution >= 4 is 5.91 Å². The number of hydrogen-bond acceptors (Lipinski definition) is 3. The summed E-state index contributed by atoms with van der Waals surface area (Å²) in [6.45, 7) is 5.94. The predicted octanol–water partition coefficient (Wildman–Crippen LogP) is 6.52. The molecule has 0 unspecified atom stereocenters. The minimum absolute atomic E-state index is 0.0868. The van der Waals surface area contributed by atoms with Gasteiger partial charge < -0.3 is 10.2 Å². The maximum atomic E-state index is 13.0. The van der Waals surface area contributed by atoms with Gasteiger partial charge in [0.15, 0.2) is 11.6 Å². The first-order valence-electron chi connectivity index (χ1n) is 12.8. The zero-order valence-electron chi connectivity index (χ0n) is 21.5. The zero-order chi connectivity index (χ0) is 25.9. The largest absolute Gasteiger partial charge is 0.353 e. The first-order chi connectivity index (χ1) is 17.0. The van der Waals surface area contributed by atoms with E-state index in [-0.39, 0.29) is 18.4 Å². The van der Waals surface area contributed by atoms with Crippen LogP contribution in [0.2, 0.25) is 0 Å². The topological polar surface area (TPSA) is 56.1 Å². The highest BCUT2D eigenvalue weighted by Gasteiger charge is 2.18. The second-order valence-electron chi connectivity index (χ2n) is 8.69. The highest BCUT2D eigenvalue weighted by molar-refractivity contribution is 5.78. The van der Waals surface area contributed by atoms with Crippen molar-refractivity contribution < 1.29 is 13.6 Å². The number of likely N-dealkylation sites (tertiary alicyclic amines) is 1. The van der Waals surface area contributed by atoms with E-state index in [4.69, 9.17) is 5.26 Å². The third kappa shape index (κ3) is 13.6. The average Bonchev–Trinajstić information content (AvgIpc) is 2.91. The fraction of sp³-hybridized carbons (Fsp3) is 0.517. The molecular weight excluding hydrogens is 444 g/mol. The van der Waals surface area contributed by atoms with Gasteiger partial charge in [-0.2, -0.15) is 5.26 Å². The van der Waals surface area contributed by atoms with Crippen LogP contribution in [0.15, 0.2) is 54.6 Å². The van der Waals surface area contributed by atoms with Crippen molar-refractivity contribution in [3.8, 4) is 6.07 Å². The Morgan fingerprint density at radius 1 is 0.943 bits per heavy atom. The number of rotatable bonds is 3. The summed E-state index contributed by atoms with van der Waals surface area (Å²) in [4.78, 5) is 14.0. The van der Waals surface area contributed by atoms with Crippen LogP contribution >= 0.6 is 0 Å². The number of piperidine rings is 1. The van der Waals surface area contributed by atoms with Gasteiger partial charge in [-0.25, -0.2) is 8.78 Å². The molecule has 4 rings (SSSR count). The van der Waals surface area contributed by atoms with Crippen LogP contribution in [0.25, 0.3) is 0 Å². The molecule has 1 saturated heterocycles. The number of carbonyl (C=O) groups excluding carboxylic acids is 1. The standard InChI is InChI=1S/C14H18F2N2O.C7H11N.C6H6.C2H6/c1-18-6-4-11(5-7-18)17-14(19)9-10-2-3-12(15)13(16)8-10;8-6-7-4-2-1-3-5-7;1-2-4-6-5-3-1;1-2/h2-3,8,11H,4-7,9H2,1H3,(H,17,19);7H,1-5H2;1-6H;1-2H3. The number of nitriles is 1. The first kappa shape index (κ1) is 30.3. The first-order valence-corrected chi connectivity index (χ1v) is 12.8. The van der Waals surface area contributed by atoms with Crippen LogP contribution in [0.4, 0.5) is 8.78 Å². The van der Waals surface area contributed by atoms with Crippen molar-refractivity contribution in [2.45, 2.75) is 71.3 Å². The number of hydrogen-bond donors (Lipinski definition) is 1. The number of carbonyl (C=O) groups is 1. The minimum atomic E-state index is -0.912. The van der Waals surface area contributed by atoms with Gasteiger partial charge in [-0.1, -0.05) is 75.6 Å². The van der Waals surface area contributed by atoms with Crippen LogP contribution in [0.1, 0.15) is 64.4 Å². The van der Waals surface area contributed by atoms with Gasteiger partial charge in [0.2, 0.25) is 5.91 Å². The van der Waals surface area contributed by atoms with Gasteiger partial charge in [0, 0.05) is 12.0 Å². The molecule has 1 aliphatic carbocycles. The summed E-state index contributed by atoms with van der Waals surface area (Å²) < 4.78 is 25.8. The van der Waals surface area contributed by atoms with Gasteiger partial charge in [0.1, 0.15) is 0 Å². The molecule has 1 aliphatic heterocycles. The quantitative estimate of drug-likeness (QED) is 0.538. The molecule has 2 aliphatic rings. The van der Waals surface area contributed by atoms with E-state index in [1.54, 1.807) is 0 Å². The summed E-state index contributed by atoms with van der Waals surface area (Å²) in [5.41, 5.74) is 0.490. The number of amides is 1. The number of benzene rings is 2. The SMILES string of the molecule is CC.CN1CCC(NC(=O)Cc2ccc(F)c(F)c2)CC1.N#CC1CCCCC1.c1ccccc1. The third-order valence-electron chi connectivity index (χ3n) is 5.89. The van der Waals surface area contributed by atoms with Gasteiger partial charge in [-0.05, 0) is 63.5 Å². The Morgan fingerprint density at radius 2 is 1.49 bits per heavy atom. The molecule has 0 atom stereocenters. The molecule has 35 heavy (non-hydrogen) atoms. The molecular formula is C29H41F2N3O. The van der Waals surface area contributed by atoms with Gasteiger partial charge in [-0.15, -0.1) is 0 Å². The smallest absolute Gasteiger partial charge is 0.224 e. The van der Waals surface area contributed by atoms with Crippen LogP contribution in [0.3, 0.4) is 0 Å². The van der Waals surface area contributed by atoms with Gasteiger partial charge in [0.05, 0.1) is 12.5 Å². The van der Waals surface area contributed by atoms with E-state index >= 15 is 0 Å². The second-order valence-corrected chi connectivity index (χ2v) is 8.69. The maximum absolute atomic E-state index is 13.0. The monoisotopic (exact) mass is 485 g/mol. The van der Waals surface area contributed by atoms with Crippen molar-refractivity contribution in [1.29, 1.82) is 5.26 Å². The molecule has 0 aromatic heterocycles. The van der Waals surface area contributed by atoms with Crippen LogP contribution in [0.5, 0.6) is 0 Å². The fourth-order valence-corrected chi connectivity index (χ4v) is 3.88. The number of nitrogens with one attached hydrogen (secondary N) is 1. The zero-order valence-corrected chi connectivity index (χ0v) is 21.5. The summed E-state index contributed by atoms with van der Waals surface area (Å²) in [6, 6.07) is 18.1. The van der Waals surface area contributed by atoms with Crippen molar-refractivity contribution in [3.63, 3.8) is 0 Å². The molecule has 2 aromatic carbocycles. The fourth-order valence-electron chi connectivity index (χ4n) is 3.88. The van der Waals surface area contributed by atoms with E-state index in [1.165, 1.54) is 25.3 Å². The van der Waals surface area contributed by atoms with E-state index in [0.717, 1.165) is 50.9 Å². The summed E-state index contributed by atoms with van der Waals surface area (Å²) in [6.07, 6.45) is 8.14. The lowest BCUT2D eigenvalue weighted by atomic mass is 9.91. The molecule has 1 heterocycles. The van der Waals surface area contributed by atoms with E-state index in [2.05, 4.69) is 23.3 Å². The van der Waals surface area contributed by atoms with Crippen LogP contribution in [-0.4, -0.2) is 37.0 Å². The molecule has 1 N–H and O–H groups in total. The Balaban J connectivity index is 0.000000312. The van der Waals surface area contributed by atoms with E-state index in [0.29, 0.717) is 11.5 Å². The summed E-state index contributed by atoms with van der Waals surface area (Å²) in [5.74, 6) is -1.55. The summed E-state index contributed by atoms with van der Waals surface area (Å²) in [7, 11) is 2.05. The van der Waals surface area contributed by atoms with Crippen molar-refractivity contribution in [3.05, 3.63) is 71.8 Å². The Kier molecular flexibility index (Phi) is 16.0. The highest BCUT2D eigenvalue weighted by Crippen LogP contribution is 2.22. The van der Waals surface area contributed by atoms with Crippen molar-refractivity contribution in [2.75, 3.05) is 20.1 Å². The Bertz CT molecular complexity index is 829. The van der Waals surface area contributed by atoms with Gasteiger partial charge in [-0.3, -0.25) is 4.79 Å². The maximum Gasteiger partial charge on any atom is 0.224 e. The molecule has 192 valence electrons. The lowest BCUT2D eigenvalue weighted by molar-refractivity contribution is -0.121. The minimum Gasteiger partial charge on any atom is -0.353 e. The number of nitrogens with zero attached hydrogens (tertiary/aromatic N) is 2. The molecule has 0 radical (unpaired) electrons. The molecule has 2 fully saturated rings. The molecule has 1 saturated carbocycles.